The molecule has 0 bridgehead atoms. The lowest BCUT2D eigenvalue weighted by molar-refractivity contribution is 0.0169. The van der Waals surface area contributed by atoms with Gasteiger partial charge >= 0.3 is 0 Å². The van der Waals surface area contributed by atoms with Crippen molar-refractivity contribution in [3.05, 3.63) is 0 Å². The summed E-state index contributed by atoms with van der Waals surface area (Å²) in [5.41, 5.74) is -0.594. The Labute approximate surface area is 176 Å². The molecule has 1 rings (SSSR count). The molecule has 0 heterocycles. The van der Waals surface area contributed by atoms with Crippen LogP contribution in [0.5, 0.6) is 0 Å². The lowest BCUT2D eigenvalue weighted by Gasteiger charge is -2.27. The number of rotatable bonds is 10. The van der Waals surface area contributed by atoms with E-state index in [0.29, 0.717) is 24.5 Å². The third-order valence-corrected chi connectivity index (χ3v) is 5.33. The van der Waals surface area contributed by atoms with Crippen LogP contribution in [0.2, 0.25) is 0 Å². The zero-order valence-corrected chi connectivity index (χ0v) is 19.9. The predicted molar refractivity (Wildman–Crippen MR) is 119 cm³/mol. The van der Waals surface area contributed by atoms with Crippen LogP contribution >= 0.6 is 24.0 Å². The van der Waals surface area contributed by atoms with E-state index < -0.39 is 15.6 Å². The van der Waals surface area contributed by atoms with Gasteiger partial charge < -0.3 is 15.4 Å². The highest BCUT2D eigenvalue weighted by atomic mass is 127. The Bertz CT molecular complexity index is 520. The molecule has 0 aliphatic heterocycles. The molecule has 0 radical (unpaired) electrons. The molecular weight excluding hydrogens is 467 g/mol. The average Bonchev–Trinajstić information content (AvgIpc) is 3.01. The highest BCUT2D eigenvalue weighted by Crippen LogP contribution is 2.30. The molecule has 1 unspecified atom stereocenters. The Morgan fingerprint density at radius 3 is 2.38 bits per heavy atom. The lowest BCUT2D eigenvalue weighted by Crippen LogP contribution is -2.53. The Kier molecular flexibility index (Phi) is 12.3. The second-order valence-electron chi connectivity index (χ2n) is 7.44. The number of aliphatic imine (C=N–C) groups is 1. The van der Waals surface area contributed by atoms with E-state index in [2.05, 4.69) is 20.3 Å². The molecule has 0 aromatic rings. The number of halogens is 1. The van der Waals surface area contributed by atoms with Crippen LogP contribution in [0, 0.1) is 5.92 Å². The molecule has 0 spiro atoms. The minimum Gasteiger partial charge on any atom is -0.378 e. The zero-order chi connectivity index (χ0) is 18.9. The van der Waals surface area contributed by atoms with Crippen LogP contribution in [0.4, 0.5) is 0 Å². The summed E-state index contributed by atoms with van der Waals surface area (Å²) in [5, 5.41) is 6.48. The molecule has 1 fully saturated rings. The number of nitrogens with one attached hydrogen (secondary N) is 3. The van der Waals surface area contributed by atoms with Gasteiger partial charge in [-0.05, 0) is 46.0 Å². The normalized spacial score (nSPS) is 17.7. The standard InChI is InChI=1S/C17H36N4O3S.HI/c1-6-24-15(14-9-7-8-10-14)11-12-19-16(18-4)20-13-17(2,3)21-25(5,22)23;/h14-15,21H,6-13H2,1-5H3,(H2,18,19,20);1H. The Morgan fingerprint density at radius 2 is 1.88 bits per heavy atom. The third-order valence-electron chi connectivity index (χ3n) is 4.41. The lowest BCUT2D eigenvalue weighted by atomic mass is 9.98. The third kappa shape index (κ3) is 10.9. The second-order valence-corrected chi connectivity index (χ2v) is 9.19. The average molecular weight is 504 g/mol. The van der Waals surface area contributed by atoms with E-state index in [9.17, 15) is 8.42 Å². The predicted octanol–water partition coefficient (Wildman–Crippen LogP) is 2.08. The molecule has 9 heteroatoms. The fourth-order valence-electron chi connectivity index (χ4n) is 3.39. The van der Waals surface area contributed by atoms with Gasteiger partial charge in [-0.1, -0.05) is 12.8 Å². The van der Waals surface area contributed by atoms with Crippen molar-refractivity contribution in [2.75, 3.05) is 33.0 Å². The largest absolute Gasteiger partial charge is 0.378 e. The van der Waals surface area contributed by atoms with Crippen molar-refractivity contribution >= 4 is 40.0 Å². The maximum atomic E-state index is 11.4. The first kappa shape index (κ1) is 25.9. The molecule has 156 valence electrons. The van der Waals surface area contributed by atoms with Crippen molar-refractivity contribution in [1.82, 2.24) is 15.4 Å². The Balaban J connectivity index is 0.00000625. The monoisotopic (exact) mass is 504 g/mol. The van der Waals surface area contributed by atoms with Crippen molar-refractivity contribution in [3.8, 4) is 0 Å². The molecule has 1 atom stereocenters. The first-order valence-corrected chi connectivity index (χ1v) is 11.1. The molecule has 0 aromatic carbocycles. The minimum absolute atomic E-state index is 0. The molecule has 3 N–H and O–H groups in total. The van der Waals surface area contributed by atoms with E-state index in [1.54, 1.807) is 7.05 Å². The van der Waals surface area contributed by atoms with Gasteiger partial charge in [-0.25, -0.2) is 13.1 Å². The van der Waals surface area contributed by atoms with Crippen LogP contribution in [0.3, 0.4) is 0 Å². The van der Waals surface area contributed by atoms with Crippen molar-refractivity contribution < 1.29 is 13.2 Å². The SMILES string of the molecule is CCOC(CCNC(=NC)NCC(C)(C)NS(C)(=O)=O)C1CCCC1.I. The summed E-state index contributed by atoms with van der Waals surface area (Å²) in [6.45, 7) is 7.68. The number of ether oxygens (including phenoxy) is 1. The van der Waals surface area contributed by atoms with E-state index >= 15 is 0 Å². The van der Waals surface area contributed by atoms with Gasteiger partial charge in [0, 0.05) is 32.3 Å². The molecule has 1 aliphatic rings. The smallest absolute Gasteiger partial charge is 0.209 e. The molecular formula is C17H37IN4O3S. The van der Waals surface area contributed by atoms with Crippen LogP contribution in [0.25, 0.3) is 0 Å². The van der Waals surface area contributed by atoms with Crippen molar-refractivity contribution in [2.24, 2.45) is 10.9 Å². The van der Waals surface area contributed by atoms with Gasteiger partial charge in [0.25, 0.3) is 0 Å². The molecule has 7 nitrogen and oxygen atoms in total. The number of hydrogen-bond acceptors (Lipinski definition) is 4. The molecule has 0 amide bonds. The summed E-state index contributed by atoms with van der Waals surface area (Å²) in [4.78, 5) is 4.20. The van der Waals surface area contributed by atoms with Crippen molar-refractivity contribution in [1.29, 1.82) is 0 Å². The van der Waals surface area contributed by atoms with Crippen LogP contribution in [-0.4, -0.2) is 59.0 Å². The van der Waals surface area contributed by atoms with Gasteiger partial charge in [0.05, 0.1) is 12.4 Å². The number of hydrogen-bond donors (Lipinski definition) is 3. The summed E-state index contributed by atoms with van der Waals surface area (Å²) in [7, 11) is -1.54. The van der Waals surface area contributed by atoms with E-state index in [-0.39, 0.29) is 24.0 Å². The summed E-state index contributed by atoms with van der Waals surface area (Å²) in [5.74, 6) is 1.35. The van der Waals surface area contributed by atoms with Gasteiger partial charge in [-0.15, -0.1) is 24.0 Å². The van der Waals surface area contributed by atoms with E-state index in [0.717, 1.165) is 19.6 Å². The van der Waals surface area contributed by atoms with Crippen LogP contribution in [0.1, 0.15) is 52.9 Å². The molecule has 1 saturated carbocycles. The number of nitrogens with zero attached hydrogens (tertiary/aromatic N) is 1. The Hall–Kier alpha value is -0.130. The van der Waals surface area contributed by atoms with Crippen molar-refractivity contribution in [2.45, 2.75) is 64.5 Å². The number of sulfonamides is 1. The maximum absolute atomic E-state index is 11.4. The maximum Gasteiger partial charge on any atom is 0.209 e. The van der Waals surface area contributed by atoms with Crippen molar-refractivity contribution in [3.63, 3.8) is 0 Å². The van der Waals surface area contributed by atoms with Gasteiger partial charge in [-0.3, -0.25) is 4.99 Å². The molecule has 0 saturated heterocycles. The van der Waals surface area contributed by atoms with E-state index in [4.69, 9.17) is 4.74 Å². The highest BCUT2D eigenvalue weighted by molar-refractivity contribution is 14.0. The first-order chi connectivity index (χ1) is 11.7. The van der Waals surface area contributed by atoms with Gasteiger partial charge in [-0.2, -0.15) is 0 Å². The van der Waals surface area contributed by atoms with E-state index in [1.165, 1.54) is 31.9 Å². The van der Waals surface area contributed by atoms with Crippen LogP contribution in [-0.2, 0) is 14.8 Å². The second kappa shape index (κ2) is 12.4. The first-order valence-electron chi connectivity index (χ1n) is 9.22. The van der Waals surface area contributed by atoms with E-state index in [1.807, 2.05) is 20.8 Å². The fourth-order valence-corrected chi connectivity index (χ4v) is 4.47. The summed E-state index contributed by atoms with van der Waals surface area (Å²) in [6, 6.07) is 0. The quantitative estimate of drug-likeness (QED) is 0.241. The van der Waals surface area contributed by atoms with Gasteiger partial charge in [0.1, 0.15) is 0 Å². The summed E-state index contributed by atoms with van der Waals surface area (Å²) in [6.07, 6.45) is 7.58. The highest BCUT2D eigenvalue weighted by Gasteiger charge is 2.25. The molecule has 0 aromatic heterocycles. The number of guanidine groups is 1. The van der Waals surface area contributed by atoms with Gasteiger partial charge in [0.15, 0.2) is 5.96 Å². The Morgan fingerprint density at radius 1 is 1.27 bits per heavy atom. The summed E-state index contributed by atoms with van der Waals surface area (Å²) < 4.78 is 31.3. The molecule has 26 heavy (non-hydrogen) atoms. The summed E-state index contributed by atoms with van der Waals surface area (Å²) >= 11 is 0. The van der Waals surface area contributed by atoms with Gasteiger partial charge in [0.2, 0.25) is 10.0 Å². The molecule has 1 aliphatic carbocycles. The fraction of sp³-hybridized carbons (Fsp3) is 0.941. The topological polar surface area (TPSA) is 91.8 Å². The zero-order valence-electron chi connectivity index (χ0n) is 16.8. The van der Waals surface area contributed by atoms with Crippen LogP contribution < -0.4 is 15.4 Å². The minimum atomic E-state index is -3.25. The van der Waals surface area contributed by atoms with Crippen LogP contribution in [0.15, 0.2) is 4.99 Å².